The van der Waals surface area contributed by atoms with Crippen LogP contribution in [0.3, 0.4) is 0 Å². The molecule has 0 atom stereocenters. The molecule has 5 nitrogen and oxygen atoms in total. The quantitative estimate of drug-likeness (QED) is 0.535. The minimum Gasteiger partial charge on any atom is -0.246 e. The smallest absolute Gasteiger partial charge is 0.246 e. The van der Waals surface area contributed by atoms with Crippen LogP contribution in [0.1, 0.15) is 25.7 Å². The largest absolute Gasteiger partial charge is 0.426 e. The molecule has 0 N–H and O–H groups in total. The Morgan fingerprint density at radius 2 is 1.58 bits per heavy atom. The third kappa shape index (κ3) is 4.01. The van der Waals surface area contributed by atoms with Crippen molar-refractivity contribution in [1.82, 2.24) is 0 Å². The average molecular weight is 196 g/mol. The molecule has 0 aliphatic carbocycles. The Balaban J connectivity index is 2.38. The van der Waals surface area contributed by atoms with E-state index >= 15 is 0 Å². The van der Waals surface area contributed by atoms with Crippen LogP contribution in [0, 0.1) is 0 Å². The molecule has 1 aliphatic heterocycles. The maximum Gasteiger partial charge on any atom is 0.426 e. The third-order valence-electron chi connectivity index (χ3n) is 1.48. The molecule has 6 heteroatoms. The minimum absolute atomic E-state index is 0.172. The average Bonchev–Trinajstić information content (AvgIpc) is 2.02. The van der Waals surface area contributed by atoms with Crippen molar-refractivity contribution in [1.29, 1.82) is 0 Å². The normalized spacial score (nSPS) is 26.3. The second kappa shape index (κ2) is 4.76. The molecular formula is C6H12O5S. The molecule has 0 radical (unpaired) electrons. The zero-order valence-electron chi connectivity index (χ0n) is 6.69. The highest BCUT2D eigenvalue weighted by molar-refractivity contribution is 7.81. The molecular weight excluding hydrogens is 184 g/mol. The first-order chi connectivity index (χ1) is 5.71. The summed E-state index contributed by atoms with van der Waals surface area (Å²) in [5.41, 5.74) is 0. The molecule has 0 aromatic carbocycles. The van der Waals surface area contributed by atoms with Crippen LogP contribution in [0.4, 0.5) is 0 Å². The van der Waals surface area contributed by atoms with Crippen molar-refractivity contribution in [3.8, 4) is 0 Å². The first-order valence-electron chi connectivity index (χ1n) is 3.91. The first-order valence-corrected chi connectivity index (χ1v) is 5.24. The Hall–Kier alpha value is -0.170. The predicted molar refractivity (Wildman–Crippen MR) is 40.4 cm³/mol. The molecule has 1 aliphatic rings. The Bertz CT molecular complexity index is 194. The van der Waals surface area contributed by atoms with E-state index in [4.69, 9.17) is 0 Å². The zero-order chi connectivity index (χ0) is 8.86. The fraction of sp³-hybridized carbons (Fsp3) is 1.00. The predicted octanol–water partition coefficient (Wildman–Crippen LogP) is 0.770. The summed E-state index contributed by atoms with van der Waals surface area (Å²) >= 11 is 0. The lowest BCUT2D eigenvalue weighted by Gasteiger charge is -2.07. The molecule has 0 aromatic heterocycles. The van der Waals surface area contributed by atoms with Gasteiger partial charge in [-0.25, -0.2) is 9.07 Å². The summed E-state index contributed by atoms with van der Waals surface area (Å²) in [7, 11) is -3.90. The van der Waals surface area contributed by atoms with E-state index < -0.39 is 10.4 Å². The van der Waals surface area contributed by atoms with Gasteiger partial charge in [0.25, 0.3) is 0 Å². The van der Waals surface area contributed by atoms with Crippen molar-refractivity contribution in [2.24, 2.45) is 0 Å². The molecule has 1 heterocycles. The Kier molecular flexibility index (Phi) is 3.93. The highest BCUT2D eigenvalue weighted by Gasteiger charge is 2.13. The van der Waals surface area contributed by atoms with Gasteiger partial charge >= 0.3 is 10.4 Å². The van der Waals surface area contributed by atoms with Crippen LogP contribution in [-0.2, 0) is 23.8 Å². The van der Waals surface area contributed by atoms with Gasteiger partial charge in [0, 0.05) is 0 Å². The second-order valence-electron chi connectivity index (χ2n) is 2.53. The molecule has 1 rings (SSSR count). The number of hydrogen-bond acceptors (Lipinski definition) is 5. The minimum atomic E-state index is -3.90. The molecule has 0 bridgehead atoms. The molecule has 0 spiro atoms. The van der Waals surface area contributed by atoms with Crippen LogP contribution in [0.5, 0.6) is 0 Å². The van der Waals surface area contributed by atoms with E-state index in [-0.39, 0.29) is 6.61 Å². The summed E-state index contributed by atoms with van der Waals surface area (Å²) < 4.78 is 29.9. The lowest BCUT2D eigenvalue weighted by molar-refractivity contribution is -0.211. The lowest BCUT2D eigenvalue weighted by Crippen LogP contribution is -2.13. The van der Waals surface area contributed by atoms with Crippen molar-refractivity contribution in [3.05, 3.63) is 0 Å². The number of rotatable bonds is 0. The molecule has 1 fully saturated rings. The Morgan fingerprint density at radius 3 is 2.33 bits per heavy atom. The van der Waals surface area contributed by atoms with E-state index in [1.165, 1.54) is 0 Å². The van der Waals surface area contributed by atoms with Gasteiger partial charge < -0.3 is 0 Å². The standard InChI is InChI=1S/C6H12O5S/c7-12(8)10-6-4-2-1-3-5-9-11-12/h1-6H2. The molecule has 1 saturated heterocycles. The highest BCUT2D eigenvalue weighted by atomic mass is 32.3. The molecule has 72 valence electrons. The van der Waals surface area contributed by atoms with Crippen LogP contribution in [0.15, 0.2) is 0 Å². The van der Waals surface area contributed by atoms with Gasteiger partial charge in [-0.05, 0) is 12.8 Å². The molecule has 12 heavy (non-hydrogen) atoms. The van der Waals surface area contributed by atoms with E-state index in [1.807, 2.05) is 0 Å². The third-order valence-corrected chi connectivity index (χ3v) is 2.20. The van der Waals surface area contributed by atoms with E-state index in [2.05, 4.69) is 13.4 Å². The van der Waals surface area contributed by atoms with Crippen molar-refractivity contribution in [2.75, 3.05) is 13.2 Å². The van der Waals surface area contributed by atoms with Gasteiger partial charge in [0.2, 0.25) is 0 Å². The summed E-state index contributed by atoms with van der Waals surface area (Å²) in [6.07, 6.45) is 3.52. The summed E-state index contributed by atoms with van der Waals surface area (Å²) in [4.78, 5) is 4.41. The summed E-state index contributed by atoms with van der Waals surface area (Å²) in [5.74, 6) is 0. The molecule has 0 unspecified atom stereocenters. The van der Waals surface area contributed by atoms with Gasteiger partial charge in [0.05, 0.1) is 13.2 Å². The van der Waals surface area contributed by atoms with Crippen molar-refractivity contribution >= 4 is 10.4 Å². The summed E-state index contributed by atoms with van der Waals surface area (Å²) in [5, 5.41) is 0. The lowest BCUT2D eigenvalue weighted by atomic mass is 10.2. The van der Waals surface area contributed by atoms with Crippen LogP contribution in [-0.4, -0.2) is 21.6 Å². The highest BCUT2D eigenvalue weighted by Crippen LogP contribution is 2.07. The van der Waals surface area contributed by atoms with Gasteiger partial charge in [0.15, 0.2) is 0 Å². The number of hydrogen-bond donors (Lipinski definition) is 0. The van der Waals surface area contributed by atoms with E-state index in [1.54, 1.807) is 0 Å². The molecule has 0 saturated carbocycles. The van der Waals surface area contributed by atoms with Gasteiger partial charge in [0.1, 0.15) is 0 Å². The molecule has 0 amide bonds. The van der Waals surface area contributed by atoms with Crippen molar-refractivity contribution in [3.63, 3.8) is 0 Å². The van der Waals surface area contributed by atoms with Gasteiger partial charge in [-0.1, -0.05) is 17.2 Å². The van der Waals surface area contributed by atoms with Crippen LogP contribution >= 0.6 is 0 Å². The topological polar surface area (TPSA) is 61.8 Å². The van der Waals surface area contributed by atoms with Crippen molar-refractivity contribution in [2.45, 2.75) is 25.7 Å². The van der Waals surface area contributed by atoms with Gasteiger partial charge in [-0.15, -0.1) is 0 Å². The van der Waals surface area contributed by atoms with Crippen LogP contribution < -0.4 is 0 Å². The zero-order valence-corrected chi connectivity index (χ0v) is 7.51. The van der Waals surface area contributed by atoms with Crippen LogP contribution in [0.25, 0.3) is 0 Å². The van der Waals surface area contributed by atoms with Crippen LogP contribution in [0.2, 0.25) is 0 Å². The summed E-state index contributed by atoms with van der Waals surface area (Å²) in [6, 6.07) is 0. The van der Waals surface area contributed by atoms with Gasteiger partial charge in [-0.3, -0.25) is 0 Å². The van der Waals surface area contributed by atoms with E-state index in [0.29, 0.717) is 6.61 Å². The van der Waals surface area contributed by atoms with Crippen molar-refractivity contribution < 1.29 is 21.8 Å². The second-order valence-corrected chi connectivity index (χ2v) is 3.72. The fourth-order valence-corrected chi connectivity index (χ4v) is 1.44. The van der Waals surface area contributed by atoms with E-state index in [9.17, 15) is 8.42 Å². The Labute approximate surface area is 71.9 Å². The molecule has 0 aromatic rings. The maximum absolute atomic E-state index is 10.7. The van der Waals surface area contributed by atoms with E-state index in [0.717, 1.165) is 25.7 Å². The fourth-order valence-electron chi connectivity index (χ4n) is 0.890. The monoisotopic (exact) mass is 196 g/mol. The maximum atomic E-state index is 10.7. The SMILES string of the molecule is O=S1(=O)OCCCCCCOO1. The Morgan fingerprint density at radius 1 is 0.917 bits per heavy atom. The first kappa shape index (κ1) is 9.91. The summed E-state index contributed by atoms with van der Waals surface area (Å²) in [6.45, 7) is 0.467. The van der Waals surface area contributed by atoms with Gasteiger partial charge in [-0.2, -0.15) is 8.42 Å².